The third-order valence-corrected chi connectivity index (χ3v) is 4.47. The van der Waals surface area contributed by atoms with Gasteiger partial charge >= 0.3 is 9.28 Å². The van der Waals surface area contributed by atoms with E-state index in [1.807, 2.05) is 13.8 Å². The van der Waals surface area contributed by atoms with Crippen LogP contribution in [0.1, 0.15) is 27.2 Å². The minimum atomic E-state index is -1.11. The number of hydrogen-bond acceptors (Lipinski definition) is 3. The van der Waals surface area contributed by atoms with Crippen LogP contribution in [-0.4, -0.2) is 47.2 Å². The van der Waals surface area contributed by atoms with E-state index in [2.05, 4.69) is 25.9 Å². The first kappa shape index (κ1) is 13.1. The summed E-state index contributed by atoms with van der Waals surface area (Å²) < 4.78 is 11.3. The Kier molecular flexibility index (Phi) is 7.55. The Balaban J connectivity index is 4.11. The zero-order chi connectivity index (χ0) is 10.3. The van der Waals surface area contributed by atoms with Crippen LogP contribution in [0.3, 0.4) is 0 Å². The predicted molar refractivity (Wildman–Crippen MR) is 56.8 cm³/mol. The summed E-state index contributed by atoms with van der Waals surface area (Å²) in [5, 5.41) is 0. The molecule has 0 heterocycles. The lowest BCUT2D eigenvalue weighted by atomic mass is 10.4. The molecule has 0 aromatic carbocycles. The fourth-order valence-electron chi connectivity index (χ4n) is 1.26. The number of nitrogens with zero attached hydrogens (tertiary/aromatic N) is 1. The van der Waals surface area contributed by atoms with E-state index in [-0.39, 0.29) is 0 Å². The number of rotatable bonds is 7. The maximum absolute atomic E-state index is 5.63. The van der Waals surface area contributed by atoms with Crippen LogP contribution < -0.4 is 0 Å². The van der Waals surface area contributed by atoms with Crippen LogP contribution in [-0.2, 0) is 8.85 Å². The average Bonchev–Trinajstić information content (AvgIpc) is 2.05. The van der Waals surface area contributed by atoms with Gasteiger partial charge in [0.1, 0.15) is 0 Å². The van der Waals surface area contributed by atoms with E-state index >= 15 is 0 Å². The quantitative estimate of drug-likeness (QED) is 0.586. The van der Waals surface area contributed by atoms with Crippen molar-refractivity contribution in [1.82, 2.24) is 4.90 Å². The second-order valence-corrected chi connectivity index (χ2v) is 4.95. The first-order chi connectivity index (χ1) is 6.17. The highest BCUT2D eigenvalue weighted by molar-refractivity contribution is 6.46. The molecule has 3 nitrogen and oxygen atoms in total. The average molecular weight is 204 g/mol. The van der Waals surface area contributed by atoms with E-state index in [1.165, 1.54) is 0 Å². The Labute approximate surface area is 83.9 Å². The highest BCUT2D eigenvalue weighted by Gasteiger charge is 2.27. The predicted octanol–water partition coefficient (Wildman–Crippen LogP) is 1.43. The Morgan fingerprint density at radius 2 is 1.54 bits per heavy atom. The molecule has 0 bridgehead atoms. The van der Waals surface area contributed by atoms with Gasteiger partial charge in [0.05, 0.1) is 5.67 Å². The van der Waals surface area contributed by atoms with Gasteiger partial charge in [-0.1, -0.05) is 6.92 Å². The van der Waals surface area contributed by atoms with E-state index in [1.54, 1.807) is 0 Å². The van der Waals surface area contributed by atoms with Crippen LogP contribution in [0.25, 0.3) is 0 Å². The maximum atomic E-state index is 5.63. The lowest BCUT2D eigenvalue weighted by molar-refractivity contribution is 0.175. The molecular weight excluding hydrogens is 182 g/mol. The van der Waals surface area contributed by atoms with Gasteiger partial charge in [0, 0.05) is 13.2 Å². The molecule has 0 aliphatic rings. The molecule has 1 unspecified atom stereocenters. The third-order valence-electron chi connectivity index (χ3n) is 1.86. The van der Waals surface area contributed by atoms with Crippen molar-refractivity contribution in [1.29, 1.82) is 0 Å². The van der Waals surface area contributed by atoms with E-state index < -0.39 is 9.28 Å². The Morgan fingerprint density at radius 3 is 1.77 bits per heavy atom. The summed E-state index contributed by atoms with van der Waals surface area (Å²) >= 11 is 0. The highest BCUT2D eigenvalue weighted by atomic mass is 28.3. The van der Waals surface area contributed by atoms with Crippen LogP contribution in [0.2, 0.25) is 0 Å². The van der Waals surface area contributed by atoms with Crippen LogP contribution in [0.5, 0.6) is 0 Å². The van der Waals surface area contributed by atoms with Crippen molar-refractivity contribution in [2.45, 2.75) is 32.9 Å². The fourth-order valence-corrected chi connectivity index (χ4v) is 3.05. The molecule has 0 aliphatic heterocycles. The Bertz CT molecular complexity index is 116. The molecule has 4 heteroatoms. The van der Waals surface area contributed by atoms with E-state index in [9.17, 15) is 0 Å². The van der Waals surface area contributed by atoms with E-state index in [0.29, 0.717) is 5.67 Å². The minimum Gasteiger partial charge on any atom is -0.393 e. The SMILES string of the molecule is CCO[Si](OCC)C(CC)N(C)C. The van der Waals surface area contributed by atoms with E-state index in [0.717, 1.165) is 19.6 Å². The summed E-state index contributed by atoms with van der Waals surface area (Å²) in [4.78, 5) is 2.19. The molecule has 79 valence electrons. The molecule has 13 heavy (non-hydrogen) atoms. The largest absolute Gasteiger partial charge is 0.403 e. The van der Waals surface area contributed by atoms with Crippen LogP contribution in [0.15, 0.2) is 0 Å². The molecule has 0 N–H and O–H groups in total. The second-order valence-electron chi connectivity index (χ2n) is 3.07. The highest BCUT2D eigenvalue weighted by Crippen LogP contribution is 2.06. The molecule has 0 aromatic heterocycles. The monoisotopic (exact) mass is 204 g/mol. The molecule has 0 amide bonds. The van der Waals surface area contributed by atoms with Crippen molar-refractivity contribution < 1.29 is 8.85 Å². The normalized spacial score (nSPS) is 14.1. The molecule has 1 radical (unpaired) electrons. The topological polar surface area (TPSA) is 21.7 Å². The Hall–Kier alpha value is 0.0969. The van der Waals surface area contributed by atoms with Crippen molar-refractivity contribution in [2.24, 2.45) is 0 Å². The summed E-state index contributed by atoms with van der Waals surface area (Å²) in [7, 11) is 3.05. The van der Waals surface area contributed by atoms with Gasteiger partial charge in [-0.3, -0.25) is 0 Å². The van der Waals surface area contributed by atoms with Gasteiger partial charge in [-0.2, -0.15) is 0 Å². The van der Waals surface area contributed by atoms with Crippen molar-refractivity contribution in [3.05, 3.63) is 0 Å². The van der Waals surface area contributed by atoms with Crippen molar-refractivity contribution >= 4 is 9.28 Å². The summed E-state index contributed by atoms with van der Waals surface area (Å²) in [6.07, 6.45) is 1.08. The van der Waals surface area contributed by atoms with Crippen molar-refractivity contribution in [3.63, 3.8) is 0 Å². The minimum absolute atomic E-state index is 0.449. The van der Waals surface area contributed by atoms with Crippen LogP contribution >= 0.6 is 0 Å². The smallest absolute Gasteiger partial charge is 0.393 e. The zero-order valence-corrected chi connectivity index (χ0v) is 10.5. The first-order valence-corrected chi connectivity index (χ1v) is 6.35. The van der Waals surface area contributed by atoms with E-state index in [4.69, 9.17) is 8.85 Å². The van der Waals surface area contributed by atoms with Crippen LogP contribution in [0.4, 0.5) is 0 Å². The van der Waals surface area contributed by atoms with Gasteiger partial charge in [-0.05, 0) is 34.4 Å². The molecule has 0 saturated heterocycles. The molecular formula is C9H22NO2Si. The lowest BCUT2D eigenvalue weighted by Gasteiger charge is -2.27. The molecule has 0 fully saturated rings. The standard InChI is InChI=1S/C9H22NO2Si/c1-6-9(10(4)5)13(11-7-2)12-8-3/h9H,6-8H2,1-5H3. The summed E-state index contributed by atoms with van der Waals surface area (Å²) in [5.41, 5.74) is 0.449. The maximum Gasteiger partial charge on any atom is 0.403 e. The fraction of sp³-hybridized carbons (Fsp3) is 1.00. The molecule has 0 aromatic rings. The molecule has 0 rings (SSSR count). The first-order valence-electron chi connectivity index (χ1n) is 4.96. The van der Waals surface area contributed by atoms with Gasteiger partial charge in [0.2, 0.25) is 0 Å². The lowest BCUT2D eigenvalue weighted by Crippen LogP contribution is -2.46. The van der Waals surface area contributed by atoms with Gasteiger partial charge < -0.3 is 13.8 Å². The van der Waals surface area contributed by atoms with Crippen LogP contribution in [0, 0.1) is 0 Å². The summed E-state index contributed by atoms with van der Waals surface area (Å²) in [6, 6.07) is 0. The van der Waals surface area contributed by atoms with Crippen molar-refractivity contribution in [3.8, 4) is 0 Å². The van der Waals surface area contributed by atoms with Gasteiger partial charge in [0.25, 0.3) is 0 Å². The summed E-state index contributed by atoms with van der Waals surface area (Å²) in [6.45, 7) is 7.71. The van der Waals surface area contributed by atoms with Gasteiger partial charge in [-0.15, -0.1) is 0 Å². The second kappa shape index (κ2) is 7.50. The molecule has 0 saturated carbocycles. The number of hydrogen-bond donors (Lipinski definition) is 0. The third kappa shape index (κ3) is 4.76. The zero-order valence-electron chi connectivity index (χ0n) is 9.46. The van der Waals surface area contributed by atoms with Crippen molar-refractivity contribution in [2.75, 3.05) is 27.3 Å². The Morgan fingerprint density at radius 1 is 1.08 bits per heavy atom. The molecule has 0 aliphatic carbocycles. The molecule has 1 atom stereocenters. The summed E-state index contributed by atoms with van der Waals surface area (Å²) in [5.74, 6) is 0. The molecule has 0 spiro atoms. The van der Waals surface area contributed by atoms with Gasteiger partial charge in [-0.25, -0.2) is 0 Å². The van der Waals surface area contributed by atoms with Gasteiger partial charge in [0.15, 0.2) is 0 Å².